The summed E-state index contributed by atoms with van der Waals surface area (Å²) in [6.07, 6.45) is 0. The molecule has 1 aliphatic rings. The third kappa shape index (κ3) is 3.71. The molecule has 0 bridgehead atoms. The van der Waals surface area contributed by atoms with Crippen LogP contribution in [0.3, 0.4) is 0 Å². The summed E-state index contributed by atoms with van der Waals surface area (Å²) in [5.41, 5.74) is 9.10. The van der Waals surface area contributed by atoms with Gasteiger partial charge in [-0.3, -0.25) is 0 Å². The van der Waals surface area contributed by atoms with Gasteiger partial charge in [0.2, 0.25) is 5.96 Å². The number of benzene rings is 1. The van der Waals surface area contributed by atoms with Gasteiger partial charge >= 0.3 is 0 Å². The summed E-state index contributed by atoms with van der Waals surface area (Å²) in [5.74, 6) is 1.87. The van der Waals surface area contributed by atoms with Crippen LogP contribution in [0.15, 0.2) is 34.4 Å². The van der Waals surface area contributed by atoms with Crippen molar-refractivity contribution >= 4 is 46.0 Å². The molecule has 17 heavy (non-hydrogen) atoms. The maximum Gasteiger partial charge on any atom is 0.217 e. The van der Waals surface area contributed by atoms with Gasteiger partial charge in [0.05, 0.1) is 0 Å². The minimum absolute atomic E-state index is 0.394. The van der Waals surface area contributed by atoms with E-state index in [1.165, 1.54) is 0 Å². The van der Waals surface area contributed by atoms with Gasteiger partial charge in [-0.1, -0.05) is 6.07 Å². The Hall–Kier alpha value is -1.08. The van der Waals surface area contributed by atoms with Gasteiger partial charge in [-0.2, -0.15) is 5.10 Å². The number of hydrazone groups is 1. The number of rotatable bonds is 3. The number of amidine groups is 1. The lowest BCUT2D eigenvalue weighted by atomic mass is 10.3. The lowest BCUT2D eigenvalue weighted by Crippen LogP contribution is -2.35. The first kappa shape index (κ1) is 12.4. The predicted molar refractivity (Wildman–Crippen MR) is 80.1 cm³/mol. The van der Waals surface area contributed by atoms with Crippen LogP contribution in [-0.2, 0) is 0 Å². The van der Waals surface area contributed by atoms with Crippen LogP contribution in [0.4, 0.5) is 5.69 Å². The highest BCUT2D eigenvalue weighted by atomic mass is 127. The molecular formula is C9H11IN5OP. The molecule has 8 heteroatoms. The molecule has 2 rings (SSSR count). The molecule has 4 N–H and O–H groups in total. The first-order valence-corrected chi connectivity index (χ1v) is 8.82. The van der Waals surface area contributed by atoms with Crippen LogP contribution in [-0.4, -0.2) is 18.3 Å². The minimum Gasteiger partial charge on any atom is -0.467 e. The molecule has 0 aromatic heterocycles. The summed E-state index contributed by atoms with van der Waals surface area (Å²) in [5, 5.41) is 6.98. The molecule has 1 heterocycles. The van der Waals surface area contributed by atoms with Crippen molar-refractivity contribution in [3.05, 3.63) is 24.3 Å². The zero-order valence-electron chi connectivity index (χ0n) is 8.77. The summed E-state index contributed by atoms with van der Waals surface area (Å²) in [4.78, 5) is 4.18. The zero-order valence-corrected chi connectivity index (χ0v) is 11.9. The molecule has 0 radical (unpaired) electrons. The molecular weight excluding hydrogens is 352 g/mol. The number of hydrogen-bond donors (Lipinski definition) is 3. The first-order chi connectivity index (χ1) is 8.28. The standard InChI is InChI=1S/C9H11IN5OP/c10-17-16-7-3-1-2-6(4-7)13-9-12-5-8(11)14-15-9/h1-4,17H,5H2,(H2,11,14)(H2,12,13,15). The topological polar surface area (TPSA) is 84.0 Å². The zero-order chi connectivity index (χ0) is 12.1. The Morgan fingerprint density at radius 3 is 3.12 bits per heavy atom. The number of nitrogens with two attached hydrogens (primary N) is 1. The molecule has 0 amide bonds. The highest BCUT2D eigenvalue weighted by Gasteiger charge is 2.05. The summed E-state index contributed by atoms with van der Waals surface area (Å²) >= 11 is 2.18. The summed E-state index contributed by atoms with van der Waals surface area (Å²) in [6, 6.07) is 7.64. The van der Waals surface area contributed by atoms with Crippen molar-refractivity contribution in [2.45, 2.75) is 0 Å². The Balaban J connectivity index is 2.01. The van der Waals surface area contributed by atoms with E-state index in [4.69, 9.17) is 10.3 Å². The Kier molecular flexibility index (Phi) is 4.38. The Bertz CT molecular complexity index is 464. The Labute approximate surface area is 113 Å². The van der Waals surface area contributed by atoms with Crippen molar-refractivity contribution < 1.29 is 4.52 Å². The van der Waals surface area contributed by atoms with E-state index in [0.717, 1.165) is 11.4 Å². The highest BCUT2D eigenvalue weighted by molar-refractivity contribution is 14.2. The lowest BCUT2D eigenvalue weighted by molar-refractivity contribution is 0.645. The third-order valence-corrected chi connectivity index (χ3v) is 2.93. The smallest absolute Gasteiger partial charge is 0.217 e. The van der Waals surface area contributed by atoms with Crippen molar-refractivity contribution in [1.29, 1.82) is 0 Å². The van der Waals surface area contributed by atoms with Crippen LogP contribution in [0.2, 0.25) is 0 Å². The second-order valence-corrected chi connectivity index (χ2v) is 4.89. The number of guanidine groups is 1. The number of nitrogens with one attached hydrogen (secondary N) is 2. The number of halogens is 1. The van der Waals surface area contributed by atoms with Crippen molar-refractivity contribution in [2.24, 2.45) is 15.8 Å². The second-order valence-electron chi connectivity index (χ2n) is 3.21. The van der Waals surface area contributed by atoms with Gasteiger partial charge in [-0.25, -0.2) is 10.4 Å². The van der Waals surface area contributed by atoms with Gasteiger partial charge in [-0.05, 0) is 34.2 Å². The maximum absolute atomic E-state index is 5.49. The molecule has 0 saturated heterocycles. The largest absolute Gasteiger partial charge is 0.467 e. The van der Waals surface area contributed by atoms with E-state index >= 15 is 0 Å². The summed E-state index contributed by atoms with van der Waals surface area (Å²) < 4.78 is 5.42. The molecule has 6 nitrogen and oxygen atoms in total. The fourth-order valence-corrected chi connectivity index (χ4v) is 2.22. The van der Waals surface area contributed by atoms with Crippen LogP contribution in [0.5, 0.6) is 5.75 Å². The predicted octanol–water partition coefficient (Wildman–Crippen LogP) is 1.65. The van der Waals surface area contributed by atoms with Gasteiger partial charge in [0, 0.05) is 11.8 Å². The van der Waals surface area contributed by atoms with E-state index in [1.54, 1.807) is 0 Å². The van der Waals surface area contributed by atoms with E-state index < -0.39 is 0 Å². The van der Waals surface area contributed by atoms with E-state index in [1.807, 2.05) is 24.3 Å². The fraction of sp³-hybridized carbons (Fsp3) is 0.111. The molecule has 0 fully saturated rings. The van der Waals surface area contributed by atoms with Gasteiger partial charge in [0.15, 0.2) is 0 Å². The van der Waals surface area contributed by atoms with Crippen LogP contribution >= 0.6 is 28.5 Å². The van der Waals surface area contributed by atoms with Crippen LogP contribution < -0.4 is 21.0 Å². The van der Waals surface area contributed by atoms with E-state index in [-0.39, 0.29) is 0 Å². The molecule has 1 unspecified atom stereocenters. The van der Waals surface area contributed by atoms with E-state index in [9.17, 15) is 0 Å². The normalized spacial score (nSPS) is 15.1. The van der Waals surface area contributed by atoms with Gasteiger partial charge in [0.25, 0.3) is 0 Å². The quantitative estimate of drug-likeness (QED) is 0.563. The molecule has 1 aromatic carbocycles. The molecule has 0 aliphatic carbocycles. The number of aliphatic imine (C=N–C) groups is 1. The monoisotopic (exact) mass is 363 g/mol. The van der Waals surface area contributed by atoms with E-state index in [2.05, 4.69) is 42.9 Å². The maximum atomic E-state index is 5.49. The molecule has 90 valence electrons. The van der Waals surface area contributed by atoms with Gasteiger partial charge in [-0.15, -0.1) is 0 Å². The molecule has 1 atom stereocenters. The van der Waals surface area contributed by atoms with Gasteiger partial charge in [0.1, 0.15) is 24.6 Å². The molecule has 1 aliphatic heterocycles. The lowest BCUT2D eigenvalue weighted by Gasteiger charge is -2.13. The van der Waals surface area contributed by atoms with Crippen LogP contribution in [0.25, 0.3) is 0 Å². The average Bonchev–Trinajstić information content (AvgIpc) is 2.33. The summed E-state index contributed by atoms with van der Waals surface area (Å²) in [7, 11) is 0. The number of nitrogens with zero attached hydrogens (tertiary/aromatic N) is 2. The second kappa shape index (κ2) is 6.02. The van der Waals surface area contributed by atoms with Crippen molar-refractivity contribution in [3.8, 4) is 5.75 Å². The van der Waals surface area contributed by atoms with Crippen molar-refractivity contribution in [1.82, 2.24) is 5.43 Å². The molecule has 1 aromatic rings. The molecule has 0 saturated carbocycles. The van der Waals surface area contributed by atoms with Crippen LogP contribution in [0.1, 0.15) is 0 Å². The average molecular weight is 363 g/mol. The number of anilines is 1. The third-order valence-electron chi connectivity index (χ3n) is 1.96. The highest BCUT2D eigenvalue weighted by Crippen LogP contribution is 2.28. The number of hydrogen-bond acceptors (Lipinski definition) is 6. The molecule has 0 spiro atoms. The van der Waals surface area contributed by atoms with Crippen molar-refractivity contribution in [3.63, 3.8) is 0 Å². The van der Waals surface area contributed by atoms with E-state index in [0.29, 0.717) is 24.8 Å². The fourth-order valence-electron chi connectivity index (χ4n) is 1.24. The summed E-state index contributed by atoms with van der Waals surface area (Å²) in [6.45, 7) is 0.797. The minimum atomic E-state index is 0.394. The Morgan fingerprint density at radius 2 is 2.41 bits per heavy atom. The Morgan fingerprint density at radius 1 is 1.53 bits per heavy atom. The van der Waals surface area contributed by atoms with Crippen molar-refractivity contribution in [2.75, 3.05) is 11.9 Å². The van der Waals surface area contributed by atoms with Gasteiger partial charge < -0.3 is 15.6 Å². The van der Waals surface area contributed by atoms with Crippen LogP contribution in [0, 0.1) is 0 Å². The SMILES string of the molecule is NC1=NNC(Nc2cccc(OPI)c2)=NC1. The first-order valence-electron chi connectivity index (χ1n) is 4.80.